The number of sulfonamides is 1. The highest BCUT2D eigenvalue weighted by Gasteiger charge is 2.31. The lowest BCUT2D eigenvalue weighted by molar-refractivity contribution is 0.0699. The van der Waals surface area contributed by atoms with Crippen LogP contribution >= 0.6 is 11.3 Å². The quantitative estimate of drug-likeness (QED) is 0.636. The minimum Gasteiger partial charge on any atom is -0.336 e. The highest BCUT2D eigenvalue weighted by Crippen LogP contribution is 2.22. The lowest BCUT2D eigenvalue weighted by atomic mass is 10.1. The fourth-order valence-corrected chi connectivity index (χ4v) is 5.34. The van der Waals surface area contributed by atoms with Gasteiger partial charge in [-0.1, -0.05) is 12.1 Å². The number of para-hydroxylation sites is 1. The number of hydrogen-bond acceptors (Lipinski definition) is 6. The summed E-state index contributed by atoms with van der Waals surface area (Å²) in [5.41, 5.74) is 1.32. The Kier molecular flexibility index (Phi) is 6.12. The molecule has 0 radical (unpaired) electrons. The number of nitrogens with one attached hydrogen (secondary N) is 1. The van der Waals surface area contributed by atoms with Crippen molar-refractivity contribution in [3.8, 4) is 0 Å². The van der Waals surface area contributed by atoms with Crippen LogP contribution in [-0.2, 0) is 10.0 Å². The van der Waals surface area contributed by atoms with Crippen LogP contribution in [0.25, 0.3) is 0 Å². The van der Waals surface area contributed by atoms with Crippen LogP contribution in [0.1, 0.15) is 20.7 Å². The van der Waals surface area contributed by atoms with Gasteiger partial charge in [0.1, 0.15) is 4.90 Å². The largest absolute Gasteiger partial charge is 0.336 e. The van der Waals surface area contributed by atoms with Crippen LogP contribution in [-0.4, -0.2) is 60.6 Å². The molecule has 8 nitrogen and oxygen atoms in total. The predicted molar refractivity (Wildman–Crippen MR) is 118 cm³/mol. The second-order valence-corrected chi connectivity index (χ2v) is 9.61. The van der Waals surface area contributed by atoms with Crippen LogP contribution in [0.5, 0.6) is 0 Å². The first-order valence-electron chi connectivity index (χ1n) is 9.59. The van der Waals surface area contributed by atoms with Gasteiger partial charge in [0, 0.05) is 44.0 Å². The average molecular weight is 457 g/mol. The summed E-state index contributed by atoms with van der Waals surface area (Å²) in [7, 11) is -3.65. The average Bonchev–Trinajstić information content (AvgIpc) is 3.35. The number of hydrogen-bond donors (Lipinski definition) is 1. The molecular weight excluding hydrogens is 436 g/mol. The highest BCUT2D eigenvalue weighted by atomic mass is 32.2. The fraction of sp³-hybridized carbons (Fsp3) is 0.190. The van der Waals surface area contributed by atoms with E-state index in [9.17, 15) is 18.0 Å². The highest BCUT2D eigenvalue weighted by molar-refractivity contribution is 7.89. The summed E-state index contributed by atoms with van der Waals surface area (Å²) in [6.07, 6.45) is 2.84. The fourth-order valence-electron chi connectivity index (χ4n) is 3.32. The van der Waals surface area contributed by atoms with E-state index in [0.29, 0.717) is 16.8 Å². The van der Waals surface area contributed by atoms with E-state index in [4.69, 9.17) is 0 Å². The Morgan fingerprint density at radius 3 is 2.45 bits per heavy atom. The number of carbonyl (C=O) groups is 2. The molecule has 0 aliphatic carbocycles. The number of aromatic nitrogens is 1. The van der Waals surface area contributed by atoms with Crippen molar-refractivity contribution in [3.05, 3.63) is 76.7 Å². The van der Waals surface area contributed by atoms with Crippen molar-refractivity contribution in [2.45, 2.75) is 4.90 Å². The van der Waals surface area contributed by atoms with Gasteiger partial charge in [-0.05, 0) is 35.7 Å². The van der Waals surface area contributed by atoms with Crippen LogP contribution in [0, 0.1) is 0 Å². The Bertz CT molecular complexity index is 1170. The molecule has 31 heavy (non-hydrogen) atoms. The normalized spacial score (nSPS) is 14.9. The summed E-state index contributed by atoms with van der Waals surface area (Å²) in [6.45, 7) is 0.884. The molecule has 0 spiro atoms. The van der Waals surface area contributed by atoms with Gasteiger partial charge in [-0.15, -0.1) is 0 Å². The van der Waals surface area contributed by atoms with Crippen LogP contribution in [0.4, 0.5) is 5.69 Å². The number of benzene rings is 1. The van der Waals surface area contributed by atoms with Crippen molar-refractivity contribution in [3.63, 3.8) is 0 Å². The van der Waals surface area contributed by atoms with E-state index in [1.54, 1.807) is 46.7 Å². The smallest absolute Gasteiger partial charge is 0.256 e. The third-order valence-corrected chi connectivity index (χ3v) is 7.55. The Hall–Kier alpha value is -3.08. The van der Waals surface area contributed by atoms with Gasteiger partial charge in [0.2, 0.25) is 10.0 Å². The molecule has 1 N–H and O–H groups in total. The summed E-state index contributed by atoms with van der Waals surface area (Å²) >= 11 is 1.42. The van der Waals surface area contributed by atoms with E-state index in [0.717, 1.165) is 0 Å². The van der Waals surface area contributed by atoms with Crippen molar-refractivity contribution in [2.24, 2.45) is 0 Å². The molecular formula is C21H20N4O4S2. The van der Waals surface area contributed by atoms with Crippen molar-refractivity contribution in [2.75, 3.05) is 31.5 Å². The Labute approximate surface area is 184 Å². The molecule has 3 heterocycles. The molecule has 10 heteroatoms. The van der Waals surface area contributed by atoms with Crippen molar-refractivity contribution in [1.29, 1.82) is 0 Å². The van der Waals surface area contributed by atoms with Gasteiger partial charge in [-0.25, -0.2) is 8.42 Å². The number of anilines is 1. The first-order chi connectivity index (χ1) is 15.0. The SMILES string of the molecule is O=C(Nc1ccccc1C(=O)N1CCN(S(=O)(=O)c2cccnc2)CC1)c1ccsc1. The van der Waals surface area contributed by atoms with E-state index < -0.39 is 10.0 Å². The lowest BCUT2D eigenvalue weighted by Crippen LogP contribution is -2.50. The zero-order valence-electron chi connectivity index (χ0n) is 16.5. The number of pyridine rings is 1. The van der Waals surface area contributed by atoms with Crippen LogP contribution in [0.15, 0.2) is 70.5 Å². The molecule has 0 saturated carbocycles. The molecule has 2 amide bonds. The maximum Gasteiger partial charge on any atom is 0.256 e. The first kappa shape index (κ1) is 21.2. The van der Waals surface area contributed by atoms with Gasteiger partial charge in [-0.2, -0.15) is 15.6 Å². The number of thiophene rings is 1. The Morgan fingerprint density at radius 2 is 1.77 bits per heavy atom. The van der Waals surface area contributed by atoms with Crippen LogP contribution < -0.4 is 5.32 Å². The van der Waals surface area contributed by atoms with E-state index in [1.807, 2.05) is 5.38 Å². The summed E-state index contributed by atoms with van der Waals surface area (Å²) < 4.78 is 26.9. The Morgan fingerprint density at radius 1 is 1.00 bits per heavy atom. The molecule has 1 aliphatic rings. The number of amides is 2. The molecule has 1 fully saturated rings. The molecule has 0 unspecified atom stereocenters. The van der Waals surface area contributed by atoms with Gasteiger partial charge in [0.05, 0.1) is 16.8 Å². The maximum absolute atomic E-state index is 13.1. The summed E-state index contributed by atoms with van der Waals surface area (Å²) in [4.78, 5) is 31.1. The molecule has 4 rings (SSSR count). The van der Waals surface area contributed by atoms with E-state index in [-0.39, 0.29) is 42.9 Å². The van der Waals surface area contributed by atoms with E-state index in [1.165, 1.54) is 34.1 Å². The number of carbonyl (C=O) groups excluding carboxylic acids is 2. The summed E-state index contributed by atoms with van der Waals surface area (Å²) in [5, 5.41) is 6.34. The molecule has 160 valence electrons. The second kappa shape index (κ2) is 8.96. The topological polar surface area (TPSA) is 99.7 Å². The van der Waals surface area contributed by atoms with Gasteiger partial charge in [0.25, 0.3) is 11.8 Å². The summed E-state index contributed by atoms with van der Waals surface area (Å²) in [5.74, 6) is -0.534. The minimum absolute atomic E-state index is 0.135. The van der Waals surface area contributed by atoms with Crippen LogP contribution in [0.3, 0.4) is 0 Å². The summed E-state index contributed by atoms with van der Waals surface area (Å²) in [6, 6.07) is 11.6. The third kappa shape index (κ3) is 4.50. The standard InChI is InChI=1S/C21H20N4O4S2/c26-20(16-7-13-30-15-16)23-19-6-2-1-5-18(19)21(27)24-9-11-25(12-10-24)31(28,29)17-4-3-8-22-14-17/h1-8,13-15H,9-12H2,(H,23,26). The zero-order chi connectivity index (χ0) is 21.8. The van der Waals surface area contributed by atoms with Crippen molar-refractivity contribution >= 4 is 38.9 Å². The van der Waals surface area contributed by atoms with Crippen molar-refractivity contribution in [1.82, 2.24) is 14.2 Å². The van der Waals surface area contributed by atoms with E-state index >= 15 is 0 Å². The zero-order valence-corrected chi connectivity index (χ0v) is 18.1. The van der Waals surface area contributed by atoms with Gasteiger partial charge in [0.15, 0.2) is 0 Å². The molecule has 0 atom stereocenters. The van der Waals surface area contributed by atoms with Gasteiger partial charge < -0.3 is 10.2 Å². The number of rotatable bonds is 5. The number of nitrogens with zero attached hydrogens (tertiary/aromatic N) is 3. The molecule has 3 aromatic rings. The Balaban J connectivity index is 1.45. The third-order valence-electron chi connectivity index (χ3n) is 4.99. The van der Waals surface area contributed by atoms with Crippen LogP contribution in [0.2, 0.25) is 0 Å². The molecule has 1 saturated heterocycles. The molecule has 1 aliphatic heterocycles. The van der Waals surface area contributed by atoms with E-state index in [2.05, 4.69) is 10.3 Å². The molecule has 0 bridgehead atoms. The lowest BCUT2D eigenvalue weighted by Gasteiger charge is -2.34. The van der Waals surface area contributed by atoms with Gasteiger partial charge in [-0.3, -0.25) is 14.6 Å². The number of piperazine rings is 1. The predicted octanol–water partition coefficient (Wildman–Crippen LogP) is 2.54. The van der Waals surface area contributed by atoms with Gasteiger partial charge >= 0.3 is 0 Å². The monoisotopic (exact) mass is 456 g/mol. The van der Waals surface area contributed by atoms with Crippen molar-refractivity contribution < 1.29 is 18.0 Å². The molecule has 1 aromatic carbocycles. The molecule has 2 aromatic heterocycles. The maximum atomic E-state index is 13.1. The second-order valence-electron chi connectivity index (χ2n) is 6.90. The first-order valence-corrected chi connectivity index (χ1v) is 12.0. The minimum atomic E-state index is -3.65.